The molecule has 0 radical (unpaired) electrons. The van der Waals surface area contributed by atoms with E-state index < -0.39 is 0 Å². The van der Waals surface area contributed by atoms with E-state index in [9.17, 15) is 0 Å². The number of para-hydroxylation sites is 1. The quantitative estimate of drug-likeness (QED) is 0.897. The molecule has 3 rings (SSSR count). The van der Waals surface area contributed by atoms with E-state index in [-0.39, 0.29) is 6.04 Å². The van der Waals surface area contributed by atoms with E-state index in [1.165, 1.54) is 32.4 Å². The van der Waals surface area contributed by atoms with Crippen LogP contribution in [-0.4, -0.2) is 31.1 Å². The van der Waals surface area contributed by atoms with Gasteiger partial charge in [0.25, 0.3) is 0 Å². The second-order valence-corrected chi connectivity index (χ2v) is 6.25. The van der Waals surface area contributed by atoms with Gasteiger partial charge in [0.2, 0.25) is 0 Å². The van der Waals surface area contributed by atoms with E-state index in [4.69, 9.17) is 10.5 Å². The van der Waals surface area contributed by atoms with Crippen molar-refractivity contribution in [2.45, 2.75) is 32.2 Å². The number of ether oxygens (including phenoxy) is 1. The zero-order chi connectivity index (χ0) is 13.9. The Labute approximate surface area is 122 Å². The fourth-order valence-corrected chi connectivity index (χ4v) is 3.93. The van der Waals surface area contributed by atoms with Gasteiger partial charge in [-0.2, -0.15) is 0 Å². The predicted molar refractivity (Wildman–Crippen MR) is 81.8 cm³/mol. The highest BCUT2D eigenvalue weighted by atomic mass is 16.5. The number of nitrogens with zero attached hydrogens (tertiary/aromatic N) is 1. The van der Waals surface area contributed by atoms with E-state index in [2.05, 4.69) is 17.0 Å². The lowest BCUT2D eigenvalue weighted by molar-refractivity contribution is 0.285. The second-order valence-electron chi connectivity index (χ2n) is 6.25. The Bertz CT molecular complexity index is 436. The molecule has 1 aliphatic heterocycles. The van der Waals surface area contributed by atoms with Crippen LogP contribution in [0.25, 0.3) is 0 Å². The fourth-order valence-electron chi connectivity index (χ4n) is 3.93. The first-order valence-corrected chi connectivity index (χ1v) is 7.97. The van der Waals surface area contributed by atoms with Crippen LogP contribution in [0.5, 0.6) is 5.75 Å². The monoisotopic (exact) mass is 274 g/mol. The highest BCUT2D eigenvalue weighted by molar-refractivity contribution is 5.36. The van der Waals surface area contributed by atoms with Crippen molar-refractivity contribution < 1.29 is 4.74 Å². The number of nitrogens with two attached hydrogens (primary N) is 1. The summed E-state index contributed by atoms with van der Waals surface area (Å²) in [5.41, 5.74) is 7.58. The lowest BCUT2D eigenvalue weighted by Crippen LogP contribution is -2.31. The number of fused-ring (bicyclic) bond motifs is 1. The molecule has 0 spiro atoms. The summed E-state index contributed by atoms with van der Waals surface area (Å²) < 4.78 is 5.70. The van der Waals surface area contributed by atoms with E-state index in [0.717, 1.165) is 29.7 Å². The van der Waals surface area contributed by atoms with Gasteiger partial charge in [0.1, 0.15) is 5.75 Å². The molecule has 1 aromatic rings. The predicted octanol–water partition coefficient (Wildman–Crippen LogP) is 2.82. The van der Waals surface area contributed by atoms with Crippen molar-refractivity contribution in [3.63, 3.8) is 0 Å². The molecule has 2 aliphatic rings. The zero-order valence-corrected chi connectivity index (χ0v) is 12.4. The summed E-state index contributed by atoms with van der Waals surface area (Å²) in [7, 11) is 0. The molecule has 2 fully saturated rings. The summed E-state index contributed by atoms with van der Waals surface area (Å²) in [6, 6.07) is 8.25. The molecule has 110 valence electrons. The molecule has 3 unspecified atom stereocenters. The summed E-state index contributed by atoms with van der Waals surface area (Å²) in [5.74, 6) is 2.82. The van der Waals surface area contributed by atoms with E-state index in [0.29, 0.717) is 6.61 Å². The maximum absolute atomic E-state index is 6.43. The molecule has 0 bridgehead atoms. The van der Waals surface area contributed by atoms with Crippen LogP contribution in [0.2, 0.25) is 0 Å². The smallest absolute Gasteiger partial charge is 0.124 e. The first kappa shape index (κ1) is 13.9. The second kappa shape index (κ2) is 6.15. The van der Waals surface area contributed by atoms with Gasteiger partial charge in [0.15, 0.2) is 0 Å². The van der Waals surface area contributed by atoms with Crippen molar-refractivity contribution in [1.82, 2.24) is 4.90 Å². The molecule has 20 heavy (non-hydrogen) atoms. The van der Waals surface area contributed by atoms with Crippen molar-refractivity contribution in [3.05, 3.63) is 29.8 Å². The van der Waals surface area contributed by atoms with Gasteiger partial charge in [-0.3, -0.25) is 0 Å². The van der Waals surface area contributed by atoms with E-state index in [1.807, 2.05) is 19.1 Å². The number of hydrogen-bond donors (Lipinski definition) is 1. The third-order valence-corrected chi connectivity index (χ3v) is 4.88. The van der Waals surface area contributed by atoms with Crippen molar-refractivity contribution in [2.75, 3.05) is 26.2 Å². The molecule has 3 atom stereocenters. The lowest BCUT2D eigenvalue weighted by atomic mass is 10.0. The maximum atomic E-state index is 6.43. The molecule has 3 heteroatoms. The Morgan fingerprint density at radius 3 is 2.65 bits per heavy atom. The summed E-state index contributed by atoms with van der Waals surface area (Å²) in [5, 5.41) is 0. The van der Waals surface area contributed by atoms with E-state index in [1.54, 1.807) is 0 Å². The Kier molecular flexibility index (Phi) is 4.27. The van der Waals surface area contributed by atoms with Crippen LogP contribution in [0.1, 0.15) is 37.8 Å². The molecule has 0 amide bonds. The molecular weight excluding hydrogens is 248 g/mol. The Morgan fingerprint density at radius 1 is 1.25 bits per heavy atom. The SMILES string of the molecule is CCOc1ccccc1C(N)CN1CC2CCCC2C1. The summed E-state index contributed by atoms with van der Waals surface area (Å²) in [6.45, 7) is 6.16. The molecule has 3 nitrogen and oxygen atoms in total. The van der Waals surface area contributed by atoms with Crippen molar-refractivity contribution in [2.24, 2.45) is 17.6 Å². The van der Waals surface area contributed by atoms with Crippen molar-refractivity contribution in [1.29, 1.82) is 0 Å². The van der Waals surface area contributed by atoms with Crippen molar-refractivity contribution >= 4 is 0 Å². The Hall–Kier alpha value is -1.06. The molecular formula is C17H26N2O. The van der Waals surface area contributed by atoms with Crippen LogP contribution in [0.15, 0.2) is 24.3 Å². The standard InChI is InChI=1S/C17H26N2O/c1-2-20-17-9-4-3-8-15(17)16(18)12-19-10-13-6-5-7-14(13)11-19/h3-4,8-9,13-14,16H,2,5-7,10-12,18H2,1H3. The minimum absolute atomic E-state index is 0.0524. The Morgan fingerprint density at radius 2 is 1.95 bits per heavy atom. The molecule has 1 aromatic carbocycles. The van der Waals surface area contributed by atoms with Gasteiger partial charge in [-0.15, -0.1) is 0 Å². The van der Waals surface area contributed by atoms with Crippen molar-refractivity contribution in [3.8, 4) is 5.75 Å². The summed E-state index contributed by atoms with van der Waals surface area (Å²) in [4.78, 5) is 2.56. The maximum Gasteiger partial charge on any atom is 0.124 e. The van der Waals surface area contributed by atoms with Crippen LogP contribution in [0.4, 0.5) is 0 Å². The van der Waals surface area contributed by atoms with E-state index >= 15 is 0 Å². The number of likely N-dealkylation sites (tertiary alicyclic amines) is 1. The lowest BCUT2D eigenvalue weighted by Gasteiger charge is -2.23. The van der Waals surface area contributed by atoms with Crippen LogP contribution in [0.3, 0.4) is 0 Å². The van der Waals surface area contributed by atoms with Gasteiger partial charge in [-0.25, -0.2) is 0 Å². The largest absolute Gasteiger partial charge is 0.494 e. The average molecular weight is 274 g/mol. The van der Waals surface area contributed by atoms with Gasteiger partial charge in [0, 0.05) is 31.2 Å². The summed E-state index contributed by atoms with van der Waals surface area (Å²) >= 11 is 0. The number of hydrogen-bond acceptors (Lipinski definition) is 3. The first-order chi connectivity index (χ1) is 9.78. The van der Waals surface area contributed by atoms with Crippen LogP contribution in [0, 0.1) is 11.8 Å². The summed E-state index contributed by atoms with van der Waals surface area (Å²) in [6.07, 6.45) is 4.28. The molecule has 2 N–H and O–H groups in total. The zero-order valence-electron chi connectivity index (χ0n) is 12.4. The molecule has 1 saturated heterocycles. The average Bonchev–Trinajstić information content (AvgIpc) is 3.00. The highest BCUT2D eigenvalue weighted by Crippen LogP contribution is 2.38. The van der Waals surface area contributed by atoms with Crippen LogP contribution in [-0.2, 0) is 0 Å². The Balaban J connectivity index is 1.63. The number of rotatable bonds is 5. The number of benzene rings is 1. The molecule has 0 aromatic heterocycles. The van der Waals surface area contributed by atoms with Gasteiger partial charge in [-0.1, -0.05) is 24.6 Å². The highest BCUT2D eigenvalue weighted by Gasteiger charge is 2.36. The normalized spacial score (nSPS) is 27.5. The van der Waals surface area contributed by atoms with Gasteiger partial charge < -0.3 is 15.4 Å². The van der Waals surface area contributed by atoms with Crippen LogP contribution >= 0.6 is 0 Å². The van der Waals surface area contributed by atoms with Gasteiger partial charge in [-0.05, 0) is 37.7 Å². The minimum Gasteiger partial charge on any atom is -0.494 e. The molecule has 1 saturated carbocycles. The molecule has 1 aliphatic carbocycles. The third-order valence-electron chi connectivity index (χ3n) is 4.88. The fraction of sp³-hybridized carbons (Fsp3) is 0.647. The topological polar surface area (TPSA) is 38.5 Å². The third kappa shape index (κ3) is 2.84. The van der Waals surface area contributed by atoms with Crippen LogP contribution < -0.4 is 10.5 Å². The first-order valence-electron chi connectivity index (χ1n) is 7.97. The minimum atomic E-state index is 0.0524. The van der Waals surface area contributed by atoms with Gasteiger partial charge >= 0.3 is 0 Å². The van der Waals surface area contributed by atoms with Gasteiger partial charge in [0.05, 0.1) is 6.61 Å². The molecule has 1 heterocycles.